The van der Waals surface area contributed by atoms with E-state index in [2.05, 4.69) is 15.5 Å². The van der Waals surface area contributed by atoms with Crippen molar-refractivity contribution in [2.75, 3.05) is 23.3 Å². The van der Waals surface area contributed by atoms with Crippen molar-refractivity contribution in [3.63, 3.8) is 0 Å². The Morgan fingerprint density at radius 2 is 1.62 bits per heavy atom. The lowest BCUT2D eigenvalue weighted by molar-refractivity contribution is 0.102. The number of hydrogen-bond donors (Lipinski definition) is 3. The number of benzene rings is 1. The first-order chi connectivity index (χ1) is 13.5. The van der Waals surface area contributed by atoms with Crippen molar-refractivity contribution in [2.45, 2.75) is 22.6 Å². The minimum atomic E-state index is -4.41. The lowest BCUT2D eigenvalue weighted by Gasteiger charge is -2.15. The second kappa shape index (κ2) is 7.84. The number of primary sulfonamides is 2. The smallest absolute Gasteiger partial charge is 0.276 e. The largest absolute Gasteiger partial charge is 0.355 e. The number of anilines is 2. The van der Waals surface area contributed by atoms with Crippen molar-refractivity contribution in [1.82, 2.24) is 10.2 Å². The summed E-state index contributed by atoms with van der Waals surface area (Å²) < 4.78 is 46.9. The third-order valence-electron chi connectivity index (χ3n) is 4.21. The van der Waals surface area contributed by atoms with E-state index in [9.17, 15) is 21.6 Å². The van der Waals surface area contributed by atoms with Gasteiger partial charge in [0.15, 0.2) is 11.5 Å². The van der Waals surface area contributed by atoms with Gasteiger partial charge in [-0.05, 0) is 37.1 Å². The molecule has 29 heavy (non-hydrogen) atoms. The first-order valence-corrected chi connectivity index (χ1v) is 11.7. The van der Waals surface area contributed by atoms with E-state index in [0.29, 0.717) is 11.9 Å². The van der Waals surface area contributed by atoms with Crippen LogP contribution in [-0.4, -0.2) is 46.0 Å². The summed E-state index contributed by atoms with van der Waals surface area (Å²) in [4.78, 5) is 13.2. The first kappa shape index (κ1) is 21.4. The van der Waals surface area contributed by atoms with Crippen molar-refractivity contribution < 1.29 is 21.6 Å². The van der Waals surface area contributed by atoms with Crippen molar-refractivity contribution in [3.8, 4) is 0 Å². The van der Waals surface area contributed by atoms with Crippen LogP contribution in [0, 0.1) is 0 Å². The number of rotatable bonds is 5. The van der Waals surface area contributed by atoms with Crippen molar-refractivity contribution in [2.24, 2.45) is 10.3 Å². The molecule has 0 radical (unpaired) electrons. The Morgan fingerprint density at radius 3 is 2.14 bits per heavy atom. The van der Waals surface area contributed by atoms with Crippen LogP contribution in [0.25, 0.3) is 0 Å². The van der Waals surface area contributed by atoms with E-state index in [-0.39, 0.29) is 16.4 Å². The van der Waals surface area contributed by atoms with E-state index in [0.717, 1.165) is 32.0 Å². The van der Waals surface area contributed by atoms with Gasteiger partial charge in [0.25, 0.3) is 5.91 Å². The van der Waals surface area contributed by atoms with E-state index in [1.807, 2.05) is 4.90 Å². The molecule has 0 saturated carbocycles. The number of sulfonamides is 2. The van der Waals surface area contributed by atoms with E-state index in [4.69, 9.17) is 21.9 Å². The summed E-state index contributed by atoms with van der Waals surface area (Å²) in [6.45, 7) is 1.71. The lowest BCUT2D eigenvalue weighted by atomic mass is 10.3. The van der Waals surface area contributed by atoms with E-state index in [1.54, 1.807) is 6.07 Å². The zero-order valence-electron chi connectivity index (χ0n) is 14.9. The Bertz CT molecular complexity index is 1160. The number of aromatic nitrogens is 2. The van der Waals surface area contributed by atoms with Crippen LogP contribution < -0.4 is 20.5 Å². The summed E-state index contributed by atoms with van der Waals surface area (Å²) in [5.74, 6) is -0.153. The molecule has 1 aromatic carbocycles. The number of carbonyl (C=O) groups excluding carboxylic acids is 1. The monoisotopic (exact) mass is 460 g/mol. The number of amides is 1. The van der Waals surface area contributed by atoms with Gasteiger partial charge in [-0.15, -0.1) is 10.2 Å². The molecule has 156 valence electrons. The van der Waals surface area contributed by atoms with Crippen LogP contribution in [-0.2, 0) is 20.0 Å². The molecule has 1 aliphatic heterocycles. The van der Waals surface area contributed by atoms with Gasteiger partial charge in [-0.1, -0.05) is 11.6 Å². The van der Waals surface area contributed by atoms with Crippen molar-refractivity contribution >= 4 is 49.1 Å². The molecule has 1 saturated heterocycles. The summed E-state index contributed by atoms with van der Waals surface area (Å²) in [6, 6.07) is 4.69. The lowest BCUT2D eigenvalue weighted by Crippen LogP contribution is -2.22. The maximum Gasteiger partial charge on any atom is 0.276 e. The van der Waals surface area contributed by atoms with E-state index < -0.39 is 35.7 Å². The molecule has 5 N–H and O–H groups in total. The third-order valence-corrected chi connectivity index (χ3v) is 6.53. The van der Waals surface area contributed by atoms with Gasteiger partial charge in [-0.25, -0.2) is 27.1 Å². The fourth-order valence-corrected chi connectivity index (χ4v) is 4.71. The molecular formula is C15H17ClN6O5S2. The predicted octanol–water partition coefficient (Wildman–Crippen LogP) is 0.277. The molecule has 0 aliphatic carbocycles. The SMILES string of the molecule is NS(=O)(=O)c1cc(S(N)(=O)=O)c(NC(=O)c2ccc(N3CCCC3)nn2)cc1Cl. The van der Waals surface area contributed by atoms with E-state index >= 15 is 0 Å². The number of carbonyl (C=O) groups is 1. The zero-order chi connectivity index (χ0) is 21.4. The quantitative estimate of drug-likeness (QED) is 0.568. The number of nitrogens with zero attached hydrogens (tertiary/aromatic N) is 3. The topological polar surface area (TPSA) is 178 Å². The van der Waals surface area contributed by atoms with Gasteiger partial charge < -0.3 is 10.2 Å². The molecule has 2 heterocycles. The first-order valence-electron chi connectivity index (χ1n) is 8.26. The van der Waals surface area contributed by atoms with Gasteiger partial charge in [-0.2, -0.15) is 0 Å². The van der Waals surface area contributed by atoms with Gasteiger partial charge in [0, 0.05) is 13.1 Å². The van der Waals surface area contributed by atoms with Gasteiger partial charge in [0.05, 0.1) is 10.7 Å². The molecule has 0 unspecified atom stereocenters. The molecule has 2 aromatic rings. The van der Waals surface area contributed by atoms with Gasteiger partial charge in [0.2, 0.25) is 20.0 Å². The third kappa shape index (κ3) is 4.82. The average Bonchev–Trinajstić information content (AvgIpc) is 3.14. The Balaban J connectivity index is 1.92. The molecule has 3 rings (SSSR count). The number of nitrogens with one attached hydrogen (secondary N) is 1. The summed E-state index contributed by atoms with van der Waals surface area (Å²) in [6.07, 6.45) is 2.10. The highest BCUT2D eigenvalue weighted by atomic mass is 35.5. The number of hydrogen-bond acceptors (Lipinski definition) is 8. The summed E-state index contributed by atoms with van der Waals surface area (Å²) in [5, 5.41) is 19.9. The molecule has 1 aliphatic rings. The fraction of sp³-hybridized carbons (Fsp3) is 0.267. The van der Waals surface area contributed by atoms with Gasteiger partial charge >= 0.3 is 0 Å². The Labute approximate surface area is 172 Å². The molecular weight excluding hydrogens is 444 g/mol. The van der Waals surface area contributed by atoms with Crippen LogP contribution >= 0.6 is 11.6 Å². The molecule has 14 heteroatoms. The van der Waals surface area contributed by atoms with Crippen LogP contribution in [0.4, 0.5) is 11.5 Å². The van der Waals surface area contributed by atoms with Crippen molar-refractivity contribution in [3.05, 3.63) is 35.0 Å². The molecule has 1 aromatic heterocycles. The molecule has 11 nitrogen and oxygen atoms in total. The Hall–Kier alpha value is -2.32. The van der Waals surface area contributed by atoms with Crippen LogP contribution in [0.5, 0.6) is 0 Å². The highest BCUT2D eigenvalue weighted by Crippen LogP contribution is 2.31. The number of halogens is 1. The van der Waals surface area contributed by atoms with E-state index in [1.165, 1.54) is 6.07 Å². The maximum absolute atomic E-state index is 12.5. The summed E-state index contributed by atoms with van der Waals surface area (Å²) in [5.41, 5.74) is -0.403. The van der Waals surface area contributed by atoms with Gasteiger partial charge in [0.1, 0.15) is 9.79 Å². The maximum atomic E-state index is 12.5. The van der Waals surface area contributed by atoms with Crippen LogP contribution in [0.15, 0.2) is 34.1 Å². The molecule has 1 amide bonds. The summed E-state index contributed by atoms with van der Waals surface area (Å²) in [7, 11) is -8.73. The van der Waals surface area contributed by atoms with Gasteiger partial charge in [-0.3, -0.25) is 4.79 Å². The van der Waals surface area contributed by atoms with Crippen molar-refractivity contribution in [1.29, 1.82) is 0 Å². The number of nitrogens with two attached hydrogens (primary N) is 2. The van der Waals surface area contributed by atoms with Crippen LogP contribution in [0.3, 0.4) is 0 Å². The highest BCUT2D eigenvalue weighted by Gasteiger charge is 2.24. The predicted molar refractivity (Wildman–Crippen MR) is 106 cm³/mol. The minimum Gasteiger partial charge on any atom is -0.355 e. The van der Waals surface area contributed by atoms with Crippen LogP contribution in [0.1, 0.15) is 23.3 Å². The molecule has 1 fully saturated rings. The Kier molecular flexibility index (Phi) is 5.78. The molecule has 0 atom stereocenters. The molecule has 0 bridgehead atoms. The summed E-state index contributed by atoms with van der Waals surface area (Å²) >= 11 is 5.88. The van der Waals surface area contributed by atoms with Crippen LogP contribution in [0.2, 0.25) is 5.02 Å². The highest BCUT2D eigenvalue weighted by molar-refractivity contribution is 7.90. The molecule has 0 spiro atoms. The normalized spacial score (nSPS) is 14.8. The average molecular weight is 461 g/mol. The standard InChI is InChI=1S/C15H17ClN6O5S2/c16-9-7-11(13(29(18,26)27)8-12(9)28(17,24)25)19-15(23)10-3-4-14(21-20-10)22-5-1-2-6-22/h3-4,7-8H,1-2,5-6H2,(H,19,23)(H2,17,24,25)(H2,18,26,27). The zero-order valence-corrected chi connectivity index (χ0v) is 17.3. The Morgan fingerprint density at radius 1 is 1.00 bits per heavy atom. The fourth-order valence-electron chi connectivity index (χ4n) is 2.83. The second-order valence-electron chi connectivity index (χ2n) is 6.29. The minimum absolute atomic E-state index is 0.0834. The second-order valence-corrected chi connectivity index (χ2v) is 9.76.